The molecule has 0 radical (unpaired) electrons. The zero-order valence-corrected chi connectivity index (χ0v) is 17.4. The first-order valence-corrected chi connectivity index (χ1v) is 10.2. The van der Waals surface area contributed by atoms with Crippen LogP contribution in [-0.2, 0) is 14.4 Å². The first kappa shape index (κ1) is 24.5. The van der Waals surface area contributed by atoms with Crippen LogP contribution in [0.25, 0.3) is 0 Å². The zero-order valence-electron chi connectivity index (χ0n) is 17.4. The van der Waals surface area contributed by atoms with Gasteiger partial charge in [0.25, 0.3) is 0 Å². The molecule has 0 aromatic rings. The van der Waals surface area contributed by atoms with Crippen molar-refractivity contribution in [2.75, 3.05) is 0 Å². The van der Waals surface area contributed by atoms with Crippen LogP contribution in [0.3, 0.4) is 0 Å². The molecule has 3 unspecified atom stereocenters. The molecule has 0 aliphatic heterocycles. The van der Waals surface area contributed by atoms with Crippen LogP contribution in [0.1, 0.15) is 86.0 Å². The molecule has 0 heterocycles. The van der Waals surface area contributed by atoms with Gasteiger partial charge in [-0.05, 0) is 51.4 Å². The summed E-state index contributed by atoms with van der Waals surface area (Å²) in [6, 6.07) is 0. The Labute approximate surface area is 160 Å². The number of carbonyl (C=O) groups excluding carboxylic acids is 3. The molecule has 0 fully saturated rings. The summed E-state index contributed by atoms with van der Waals surface area (Å²) < 4.78 is 0. The molecule has 0 saturated carbocycles. The van der Waals surface area contributed by atoms with Crippen molar-refractivity contribution in [1.82, 2.24) is 0 Å². The van der Waals surface area contributed by atoms with E-state index >= 15 is 0 Å². The summed E-state index contributed by atoms with van der Waals surface area (Å²) in [5.41, 5.74) is 0. The maximum absolute atomic E-state index is 12.5. The summed E-state index contributed by atoms with van der Waals surface area (Å²) in [5, 5.41) is 0. The molecule has 0 N–H and O–H groups in total. The molecule has 0 aromatic heterocycles. The summed E-state index contributed by atoms with van der Waals surface area (Å²) in [5.74, 6) is 0.648. The standard InChI is InChI=1S/C23H38O3/c1-6-9-10-11-12-14-20(15-18(4)24)17-21(13-7-2)22(8-3)23(26)16-19(5)25/h9-12,20-22H,6-8,13-17H2,1-5H3. The van der Waals surface area contributed by atoms with Crippen molar-refractivity contribution in [3.63, 3.8) is 0 Å². The first-order chi connectivity index (χ1) is 12.3. The van der Waals surface area contributed by atoms with Gasteiger partial charge in [-0.1, -0.05) is 57.9 Å². The van der Waals surface area contributed by atoms with E-state index in [2.05, 4.69) is 26.0 Å². The number of rotatable bonds is 15. The summed E-state index contributed by atoms with van der Waals surface area (Å²) >= 11 is 0. The molecule has 3 heteroatoms. The predicted octanol–water partition coefficient (Wildman–Crippen LogP) is 5.88. The van der Waals surface area contributed by atoms with Gasteiger partial charge in [-0.3, -0.25) is 9.59 Å². The van der Waals surface area contributed by atoms with Gasteiger partial charge in [-0.25, -0.2) is 0 Å². The molecule has 3 nitrogen and oxygen atoms in total. The largest absolute Gasteiger partial charge is 0.300 e. The molecular formula is C23H38O3. The van der Waals surface area contributed by atoms with E-state index in [0.29, 0.717) is 6.42 Å². The monoisotopic (exact) mass is 362 g/mol. The number of Topliss-reactive ketones (excluding diaryl/α,β-unsaturated/α-hetero) is 3. The van der Waals surface area contributed by atoms with Crippen LogP contribution >= 0.6 is 0 Å². The number of ketones is 3. The fraction of sp³-hybridized carbons (Fsp3) is 0.696. The zero-order chi connectivity index (χ0) is 19.9. The molecule has 0 aromatic carbocycles. The minimum absolute atomic E-state index is 0.0395. The molecule has 0 amide bonds. The third kappa shape index (κ3) is 11.2. The predicted molar refractivity (Wildman–Crippen MR) is 109 cm³/mol. The molecule has 0 saturated heterocycles. The minimum Gasteiger partial charge on any atom is -0.300 e. The Morgan fingerprint density at radius 2 is 1.58 bits per heavy atom. The number of allylic oxidation sites excluding steroid dienone is 4. The quantitative estimate of drug-likeness (QED) is 0.270. The highest BCUT2D eigenvalue weighted by molar-refractivity contribution is 5.99. The minimum atomic E-state index is -0.0720. The van der Waals surface area contributed by atoms with E-state index in [1.54, 1.807) is 6.92 Å². The van der Waals surface area contributed by atoms with Gasteiger partial charge in [0.1, 0.15) is 17.3 Å². The van der Waals surface area contributed by atoms with Crippen molar-refractivity contribution in [1.29, 1.82) is 0 Å². The molecule has 0 rings (SSSR count). The van der Waals surface area contributed by atoms with Crippen molar-refractivity contribution in [2.45, 2.75) is 86.0 Å². The van der Waals surface area contributed by atoms with Crippen LogP contribution in [0.15, 0.2) is 24.3 Å². The Morgan fingerprint density at radius 1 is 0.923 bits per heavy atom. The Bertz CT molecular complexity index is 488. The highest BCUT2D eigenvalue weighted by Gasteiger charge is 2.29. The van der Waals surface area contributed by atoms with E-state index in [4.69, 9.17) is 0 Å². The topological polar surface area (TPSA) is 51.2 Å². The lowest BCUT2D eigenvalue weighted by atomic mass is 9.75. The van der Waals surface area contributed by atoms with Crippen molar-refractivity contribution in [3.8, 4) is 0 Å². The Hall–Kier alpha value is -1.51. The van der Waals surface area contributed by atoms with Gasteiger partial charge in [0.05, 0.1) is 6.42 Å². The molecule has 3 atom stereocenters. The second-order valence-electron chi connectivity index (χ2n) is 7.42. The van der Waals surface area contributed by atoms with Crippen LogP contribution in [-0.4, -0.2) is 17.3 Å². The van der Waals surface area contributed by atoms with Gasteiger partial charge in [-0.2, -0.15) is 0 Å². The van der Waals surface area contributed by atoms with Crippen molar-refractivity contribution in [3.05, 3.63) is 24.3 Å². The average Bonchev–Trinajstić information content (AvgIpc) is 2.54. The molecule has 0 spiro atoms. The molecule has 0 bridgehead atoms. The SMILES string of the molecule is CCC=CC=CCC(CC(C)=O)CC(CCC)C(CC)C(=O)CC(C)=O. The van der Waals surface area contributed by atoms with Crippen molar-refractivity contribution < 1.29 is 14.4 Å². The van der Waals surface area contributed by atoms with Crippen LogP contribution in [0.2, 0.25) is 0 Å². The lowest BCUT2D eigenvalue weighted by molar-refractivity contribution is -0.129. The highest BCUT2D eigenvalue weighted by atomic mass is 16.1. The summed E-state index contributed by atoms with van der Waals surface area (Å²) in [6.07, 6.45) is 14.4. The summed E-state index contributed by atoms with van der Waals surface area (Å²) in [6.45, 7) is 9.37. The highest BCUT2D eigenvalue weighted by Crippen LogP contribution is 2.32. The van der Waals surface area contributed by atoms with Gasteiger partial charge < -0.3 is 4.79 Å². The number of hydrogen-bond donors (Lipinski definition) is 0. The summed E-state index contributed by atoms with van der Waals surface area (Å²) in [7, 11) is 0. The Morgan fingerprint density at radius 3 is 2.08 bits per heavy atom. The van der Waals surface area contributed by atoms with Crippen molar-refractivity contribution >= 4 is 17.3 Å². The number of hydrogen-bond acceptors (Lipinski definition) is 3. The molecular weight excluding hydrogens is 324 g/mol. The van der Waals surface area contributed by atoms with Gasteiger partial charge in [0.15, 0.2) is 0 Å². The van der Waals surface area contributed by atoms with Gasteiger partial charge >= 0.3 is 0 Å². The van der Waals surface area contributed by atoms with Crippen LogP contribution < -0.4 is 0 Å². The maximum Gasteiger partial charge on any atom is 0.143 e. The summed E-state index contributed by atoms with van der Waals surface area (Å²) in [4.78, 5) is 35.6. The molecule has 26 heavy (non-hydrogen) atoms. The van der Waals surface area contributed by atoms with E-state index < -0.39 is 0 Å². The maximum atomic E-state index is 12.5. The molecule has 148 valence electrons. The van der Waals surface area contributed by atoms with E-state index in [1.165, 1.54) is 6.92 Å². The molecule has 0 aliphatic carbocycles. The van der Waals surface area contributed by atoms with E-state index in [1.807, 2.05) is 19.1 Å². The average molecular weight is 363 g/mol. The third-order valence-corrected chi connectivity index (χ3v) is 4.81. The first-order valence-electron chi connectivity index (χ1n) is 10.2. The van der Waals surface area contributed by atoms with Gasteiger partial charge in [-0.15, -0.1) is 0 Å². The fourth-order valence-electron chi connectivity index (χ4n) is 3.72. The van der Waals surface area contributed by atoms with E-state index in [9.17, 15) is 14.4 Å². The van der Waals surface area contributed by atoms with E-state index in [0.717, 1.165) is 38.5 Å². The Kier molecular flexibility index (Phi) is 13.8. The smallest absolute Gasteiger partial charge is 0.143 e. The third-order valence-electron chi connectivity index (χ3n) is 4.81. The van der Waals surface area contributed by atoms with E-state index in [-0.39, 0.29) is 41.5 Å². The van der Waals surface area contributed by atoms with Gasteiger partial charge in [0, 0.05) is 12.3 Å². The second kappa shape index (κ2) is 14.6. The van der Waals surface area contributed by atoms with Crippen molar-refractivity contribution in [2.24, 2.45) is 17.8 Å². The normalized spacial score (nSPS) is 15.3. The fourth-order valence-corrected chi connectivity index (χ4v) is 3.72. The van der Waals surface area contributed by atoms with Crippen LogP contribution in [0, 0.1) is 17.8 Å². The lowest BCUT2D eigenvalue weighted by Gasteiger charge is -2.28. The van der Waals surface area contributed by atoms with Gasteiger partial charge in [0.2, 0.25) is 0 Å². The second-order valence-corrected chi connectivity index (χ2v) is 7.42. The Balaban J connectivity index is 5.15. The molecule has 0 aliphatic rings. The van der Waals surface area contributed by atoms with Crippen LogP contribution in [0.5, 0.6) is 0 Å². The number of carbonyl (C=O) groups is 3. The lowest BCUT2D eigenvalue weighted by Crippen LogP contribution is -2.27. The van der Waals surface area contributed by atoms with Crippen LogP contribution in [0.4, 0.5) is 0 Å².